The van der Waals surface area contributed by atoms with Gasteiger partial charge in [0, 0.05) is 18.0 Å². The highest BCUT2D eigenvalue weighted by Crippen LogP contribution is 2.09. The summed E-state index contributed by atoms with van der Waals surface area (Å²) in [6, 6.07) is 3.30. The van der Waals surface area contributed by atoms with E-state index in [0.717, 1.165) is 12.0 Å². The normalized spacial score (nSPS) is 11.8. The summed E-state index contributed by atoms with van der Waals surface area (Å²) in [5.74, 6) is 0.123. The van der Waals surface area contributed by atoms with Crippen molar-refractivity contribution in [1.29, 1.82) is 0 Å². The molecule has 112 valence electrons. The largest absolute Gasteiger partial charge is 0.271 e. The molecule has 0 aliphatic rings. The Kier molecular flexibility index (Phi) is 7.09. The van der Waals surface area contributed by atoms with Crippen LogP contribution in [0.1, 0.15) is 44.5 Å². The van der Waals surface area contributed by atoms with Crippen LogP contribution in [-0.2, 0) is 0 Å². The van der Waals surface area contributed by atoms with Crippen LogP contribution >= 0.6 is 0 Å². The summed E-state index contributed by atoms with van der Waals surface area (Å²) in [7, 11) is 0. The minimum atomic E-state index is -0.235. The number of aromatic nitrogens is 1. The van der Waals surface area contributed by atoms with Gasteiger partial charge in [0.15, 0.2) is 0 Å². The van der Waals surface area contributed by atoms with Gasteiger partial charge in [-0.25, -0.2) is 5.43 Å². The van der Waals surface area contributed by atoms with Crippen molar-refractivity contribution in [3.8, 4) is 0 Å². The van der Waals surface area contributed by atoms with Crippen LogP contribution in [0.3, 0.4) is 0 Å². The fourth-order valence-corrected chi connectivity index (χ4v) is 1.60. The van der Waals surface area contributed by atoms with Crippen molar-refractivity contribution < 1.29 is 4.79 Å². The van der Waals surface area contributed by atoms with E-state index in [-0.39, 0.29) is 5.91 Å². The Balaban J connectivity index is 2.63. The highest BCUT2D eigenvalue weighted by atomic mass is 16.2. The monoisotopic (exact) mass is 285 g/mol. The maximum absolute atomic E-state index is 11.8. The third kappa shape index (κ3) is 6.65. The molecule has 1 aromatic heterocycles. The first kappa shape index (κ1) is 16.8. The van der Waals surface area contributed by atoms with E-state index < -0.39 is 0 Å². The predicted octanol–water partition coefficient (Wildman–Crippen LogP) is 3.74. The van der Waals surface area contributed by atoms with Gasteiger partial charge in [0.25, 0.3) is 5.91 Å². The first-order valence-electron chi connectivity index (χ1n) is 7.07. The van der Waals surface area contributed by atoms with Gasteiger partial charge in [-0.3, -0.25) is 9.78 Å². The molecule has 0 bridgehead atoms. The average molecular weight is 285 g/mol. The van der Waals surface area contributed by atoms with Crippen LogP contribution in [0.2, 0.25) is 0 Å². The Labute approximate surface area is 126 Å². The number of nitrogens with one attached hydrogen (secondary N) is 1. The maximum Gasteiger partial charge on any atom is 0.271 e. The van der Waals surface area contributed by atoms with Gasteiger partial charge in [0.05, 0.1) is 6.21 Å². The molecule has 1 N–H and O–H groups in total. The third-order valence-corrected chi connectivity index (χ3v) is 2.87. The van der Waals surface area contributed by atoms with Gasteiger partial charge in [0.2, 0.25) is 0 Å². The zero-order valence-corrected chi connectivity index (χ0v) is 13.1. The first-order chi connectivity index (χ1) is 10.0. The molecule has 4 heteroatoms. The highest BCUT2D eigenvalue weighted by molar-refractivity contribution is 5.94. The molecule has 0 saturated carbocycles. The van der Waals surface area contributed by atoms with Crippen LogP contribution in [0.4, 0.5) is 0 Å². The summed E-state index contributed by atoms with van der Waals surface area (Å²) in [4.78, 5) is 15.7. The molecule has 0 aliphatic heterocycles. The lowest BCUT2D eigenvalue weighted by Crippen LogP contribution is -2.17. The molecule has 4 nitrogen and oxygen atoms in total. The van der Waals surface area contributed by atoms with E-state index in [0.29, 0.717) is 11.5 Å². The molecular weight excluding hydrogens is 262 g/mol. The summed E-state index contributed by atoms with van der Waals surface area (Å²) in [5, 5.41) is 4.03. The molecule has 0 spiro atoms. The van der Waals surface area contributed by atoms with Crippen molar-refractivity contribution in [2.24, 2.45) is 11.0 Å². The Bertz CT molecular complexity index is 538. The van der Waals surface area contributed by atoms with Crippen LogP contribution in [0, 0.1) is 5.92 Å². The summed E-state index contributed by atoms with van der Waals surface area (Å²) < 4.78 is 0. The van der Waals surface area contributed by atoms with Crippen LogP contribution in [0.5, 0.6) is 0 Å². The van der Waals surface area contributed by atoms with E-state index in [1.807, 2.05) is 0 Å². The van der Waals surface area contributed by atoms with E-state index in [9.17, 15) is 4.79 Å². The van der Waals surface area contributed by atoms with Crippen molar-refractivity contribution in [2.45, 2.75) is 34.1 Å². The van der Waals surface area contributed by atoms with Gasteiger partial charge < -0.3 is 0 Å². The van der Waals surface area contributed by atoms with Gasteiger partial charge in [-0.15, -0.1) is 0 Å². The molecule has 1 amide bonds. The van der Waals surface area contributed by atoms with Crippen molar-refractivity contribution in [3.05, 3.63) is 53.4 Å². The highest BCUT2D eigenvalue weighted by Gasteiger charge is 2.03. The number of allylic oxidation sites excluding steroid dienone is 4. The molecule has 0 fully saturated rings. The smallest absolute Gasteiger partial charge is 0.267 e. The molecule has 1 aromatic rings. The van der Waals surface area contributed by atoms with Crippen LogP contribution in [-0.4, -0.2) is 17.1 Å². The Morgan fingerprint density at radius 3 is 2.52 bits per heavy atom. The summed E-state index contributed by atoms with van der Waals surface area (Å²) >= 11 is 0. The fourth-order valence-electron chi connectivity index (χ4n) is 1.60. The standard InChI is InChI=1S/C17H23N3O/c1-13(2)6-5-7-16(14(3)4)12-19-20-17(21)15-8-10-18-11-9-15/h6-12,14H,5H2,1-4H3,(H,20,21)/b16-7-,19-12-. The Hall–Kier alpha value is -2.23. The summed E-state index contributed by atoms with van der Waals surface area (Å²) in [6.45, 7) is 8.36. The average Bonchev–Trinajstić information content (AvgIpc) is 2.45. The molecule has 21 heavy (non-hydrogen) atoms. The van der Waals surface area contributed by atoms with E-state index in [4.69, 9.17) is 0 Å². The van der Waals surface area contributed by atoms with Crippen LogP contribution < -0.4 is 5.43 Å². The quantitative estimate of drug-likeness (QED) is 0.492. The molecule has 0 atom stereocenters. The minimum absolute atomic E-state index is 0.235. The van der Waals surface area contributed by atoms with Crippen molar-refractivity contribution in [2.75, 3.05) is 0 Å². The summed E-state index contributed by atoms with van der Waals surface area (Å²) in [6.07, 6.45) is 10.0. The van der Waals surface area contributed by atoms with Gasteiger partial charge in [0.1, 0.15) is 0 Å². The van der Waals surface area contributed by atoms with Gasteiger partial charge in [-0.1, -0.05) is 31.6 Å². The molecule has 0 aromatic carbocycles. The minimum Gasteiger partial charge on any atom is -0.267 e. The van der Waals surface area contributed by atoms with Crippen molar-refractivity contribution in [3.63, 3.8) is 0 Å². The Morgan fingerprint density at radius 1 is 1.29 bits per heavy atom. The second-order valence-corrected chi connectivity index (χ2v) is 5.31. The number of nitrogens with zero attached hydrogens (tertiary/aromatic N) is 2. The SMILES string of the molecule is CC(C)=CC/C=C(/C=N\NC(=O)c1ccncc1)C(C)C. The second kappa shape index (κ2) is 8.84. The van der Waals surface area contributed by atoms with Crippen LogP contribution in [0.25, 0.3) is 0 Å². The van der Waals surface area contributed by atoms with Gasteiger partial charge >= 0.3 is 0 Å². The van der Waals surface area contributed by atoms with Crippen molar-refractivity contribution in [1.82, 2.24) is 10.4 Å². The zero-order valence-electron chi connectivity index (χ0n) is 13.1. The van der Waals surface area contributed by atoms with E-state index in [1.165, 1.54) is 5.57 Å². The lowest BCUT2D eigenvalue weighted by Gasteiger charge is -2.05. The number of pyridine rings is 1. The molecule has 0 aliphatic carbocycles. The fraction of sp³-hybridized carbons (Fsp3) is 0.353. The zero-order chi connectivity index (χ0) is 15.7. The lowest BCUT2D eigenvalue weighted by molar-refractivity contribution is 0.0955. The van der Waals surface area contributed by atoms with Gasteiger partial charge in [-0.05, 0) is 43.9 Å². The number of carbonyl (C=O) groups excluding carboxylic acids is 1. The number of rotatable bonds is 6. The lowest BCUT2D eigenvalue weighted by atomic mass is 10.0. The molecular formula is C17H23N3O. The number of carbonyl (C=O) groups is 1. The summed E-state index contributed by atoms with van der Waals surface area (Å²) in [5.41, 5.74) is 5.46. The molecule has 1 rings (SSSR count). The number of amides is 1. The maximum atomic E-state index is 11.8. The number of hydrogen-bond acceptors (Lipinski definition) is 3. The van der Waals surface area contributed by atoms with Crippen molar-refractivity contribution >= 4 is 12.1 Å². The molecule has 0 radical (unpaired) electrons. The molecule has 0 saturated heterocycles. The van der Waals surface area contributed by atoms with E-state index in [2.05, 4.69) is 55.4 Å². The van der Waals surface area contributed by atoms with E-state index >= 15 is 0 Å². The predicted molar refractivity (Wildman–Crippen MR) is 87.2 cm³/mol. The topological polar surface area (TPSA) is 54.4 Å². The Morgan fingerprint density at radius 2 is 1.95 bits per heavy atom. The van der Waals surface area contributed by atoms with Crippen LogP contribution in [0.15, 0.2) is 52.9 Å². The second-order valence-electron chi connectivity index (χ2n) is 5.31. The number of hydrogen-bond donors (Lipinski definition) is 1. The molecule has 1 heterocycles. The van der Waals surface area contributed by atoms with Gasteiger partial charge in [-0.2, -0.15) is 5.10 Å². The number of hydrazone groups is 1. The first-order valence-corrected chi connectivity index (χ1v) is 7.07. The third-order valence-electron chi connectivity index (χ3n) is 2.87. The molecule has 0 unspecified atom stereocenters. The van der Waals surface area contributed by atoms with E-state index in [1.54, 1.807) is 30.7 Å².